The normalized spacial score (nSPS) is 21.5. The molecule has 0 amide bonds. The van der Waals surface area contributed by atoms with Gasteiger partial charge in [0.05, 0.1) is 0 Å². The van der Waals surface area contributed by atoms with Gasteiger partial charge in [-0.3, -0.25) is 0 Å². The molecule has 1 aliphatic rings. The van der Waals surface area contributed by atoms with Crippen LogP contribution in [0.25, 0.3) is 0 Å². The zero-order valence-corrected chi connectivity index (χ0v) is 10.0. The van der Waals surface area contributed by atoms with E-state index in [1.54, 1.807) is 6.92 Å². The zero-order valence-electron chi connectivity index (χ0n) is 10.0. The highest BCUT2D eigenvalue weighted by Crippen LogP contribution is 2.50. The van der Waals surface area contributed by atoms with E-state index < -0.39 is 6.17 Å². The maximum atomic E-state index is 13.0. The molecular formula is C14H20FN. The van der Waals surface area contributed by atoms with Crippen LogP contribution >= 0.6 is 0 Å². The van der Waals surface area contributed by atoms with Crippen molar-refractivity contribution in [2.24, 2.45) is 5.73 Å². The molecule has 16 heavy (non-hydrogen) atoms. The summed E-state index contributed by atoms with van der Waals surface area (Å²) in [6, 6.07) is 8.46. The van der Waals surface area contributed by atoms with E-state index in [0.29, 0.717) is 6.42 Å². The van der Waals surface area contributed by atoms with Gasteiger partial charge in [-0.05, 0) is 37.8 Å². The van der Waals surface area contributed by atoms with Crippen LogP contribution < -0.4 is 5.73 Å². The summed E-state index contributed by atoms with van der Waals surface area (Å²) in [7, 11) is 0. The number of halogens is 1. The summed E-state index contributed by atoms with van der Waals surface area (Å²) in [6.07, 6.45) is 2.06. The van der Waals surface area contributed by atoms with Crippen molar-refractivity contribution in [2.75, 3.05) is 0 Å². The molecule has 0 aromatic heterocycles. The number of hydrogen-bond acceptors (Lipinski definition) is 1. The standard InChI is InChI=1S/C14H20FN/c1-10(15)8-12-4-3-5-13(9-12)14(6-7-14)11(2)16/h3-5,9-11H,6-8,16H2,1-2H3. The van der Waals surface area contributed by atoms with Gasteiger partial charge in [0, 0.05) is 17.9 Å². The molecule has 1 aliphatic carbocycles. The van der Waals surface area contributed by atoms with Crippen LogP contribution in [-0.2, 0) is 11.8 Å². The third-order valence-electron chi connectivity index (χ3n) is 3.68. The van der Waals surface area contributed by atoms with E-state index in [0.717, 1.165) is 5.56 Å². The maximum Gasteiger partial charge on any atom is 0.101 e. The molecule has 0 bridgehead atoms. The van der Waals surface area contributed by atoms with Crippen molar-refractivity contribution in [2.45, 2.75) is 50.7 Å². The van der Waals surface area contributed by atoms with Crippen LogP contribution in [0.5, 0.6) is 0 Å². The number of rotatable bonds is 4. The summed E-state index contributed by atoms with van der Waals surface area (Å²) in [5.41, 5.74) is 8.59. The van der Waals surface area contributed by atoms with E-state index in [1.807, 2.05) is 12.1 Å². The Morgan fingerprint density at radius 1 is 1.38 bits per heavy atom. The highest BCUT2D eigenvalue weighted by atomic mass is 19.1. The van der Waals surface area contributed by atoms with Crippen LogP contribution in [-0.4, -0.2) is 12.2 Å². The van der Waals surface area contributed by atoms with E-state index in [4.69, 9.17) is 5.73 Å². The number of alkyl halides is 1. The van der Waals surface area contributed by atoms with Crippen LogP contribution in [0.4, 0.5) is 4.39 Å². The Hall–Kier alpha value is -0.890. The second-order valence-electron chi connectivity index (χ2n) is 5.13. The fourth-order valence-corrected chi connectivity index (χ4v) is 2.47. The molecule has 2 rings (SSSR count). The van der Waals surface area contributed by atoms with E-state index in [9.17, 15) is 4.39 Å². The van der Waals surface area contributed by atoms with Crippen LogP contribution in [0.15, 0.2) is 24.3 Å². The van der Waals surface area contributed by atoms with Crippen LogP contribution in [0.2, 0.25) is 0 Å². The Kier molecular flexibility index (Phi) is 3.02. The minimum atomic E-state index is -0.777. The predicted octanol–water partition coefficient (Wildman–Crippen LogP) is 2.97. The maximum absolute atomic E-state index is 13.0. The van der Waals surface area contributed by atoms with Crippen LogP contribution in [0, 0.1) is 0 Å². The monoisotopic (exact) mass is 221 g/mol. The highest BCUT2D eigenvalue weighted by Gasteiger charge is 2.47. The van der Waals surface area contributed by atoms with Crippen molar-refractivity contribution in [3.63, 3.8) is 0 Å². The molecule has 1 saturated carbocycles. The minimum absolute atomic E-state index is 0.176. The summed E-state index contributed by atoms with van der Waals surface area (Å²) < 4.78 is 13.0. The molecule has 2 N–H and O–H groups in total. The second-order valence-corrected chi connectivity index (χ2v) is 5.13. The first-order valence-corrected chi connectivity index (χ1v) is 6.04. The predicted molar refractivity (Wildman–Crippen MR) is 65.3 cm³/mol. The number of benzene rings is 1. The molecule has 2 unspecified atom stereocenters. The van der Waals surface area contributed by atoms with Gasteiger partial charge in [-0.1, -0.05) is 24.3 Å². The molecule has 0 aliphatic heterocycles. The first-order valence-electron chi connectivity index (χ1n) is 6.04. The lowest BCUT2D eigenvalue weighted by molar-refractivity contribution is 0.360. The van der Waals surface area contributed by atoms with E-state index >= 15 is 0 Å². The SMILES string of the molecule is CC(F)Cc1cccc(C2(C(C)N)CC2)c1. The fraction of sp³-hybridized carbons (Fsp3) is 0.571. The van der Waals surface area contributed by atoms with Gasteiger partial charge in [-0.25, -0.2) is 4.39 Å². The van der Waals surface area contributed by atoms with Gasteiger partial charge in [-0.15, -0.1) is 0 Å². The summed E-state index contributed by atoms with van der Waals surface area (Å²) >= 11 is 0. The van der Waals surface area contributed by atoms with Crippen molar-refractivity contribution < 1.29 is 4.39 Å². The molecule has 88 valence electrons. The molecule has 1 aromatic carbocycles. The molecule has 1 aromatic rings. The van der Waals surface area contributed by atoms with Gasteiger partial charge in [-0.2, -0.15) is 0 Å². The molecule has 0 radical (unpaired) electrons. The second kappa shape index (κ2) is 4.17. The Morgan fingerprint density at radius 2 is 2.06 bits per heavy atom. The van der Waals surface area contributed by atoms with Crippen molar-refractivity contribution in [3.8, 4) is 0 Å². The lowest BCUT2D eigenvalue weighted by Gasteiger charge is -2.20. The Bertz CT molecular complexity index is 367. The highest BCUT2D eigenvalue weighted by molar-refractivity contribution is 5.36. The van der Waals surface area contributed by atoms with E-state index in [-0.39, 0.29) is 11.5 Å². The Labute approximate surface area is 96.9 Å². The van der Waals surface area contributed by atoms with Gasteiger partial charge in [0.25, 0.3) is 0 Å². The molecule has 0 spiro atoms. The molecule has 2 atom stereocenters. The van der Waals surface area contributed by atoms with Gasteiger partial charge in [0.1, 0.15) is 6.17 Å². The first kappa shape index (κ1) is 11.6. The molecule has 1 nitrogen and oxygen atoms in total. The smallest absolute Gasteiger partial charge is 0.101 e. The van der Waals surface area contributed by atoms with Crippen molar-refractivity contribution in [1.82, 2.24) is 0 Å². The van der Waals surface area contributed by atoms with Gasteiger partial charge in [0.2, 0.25) is 0 Å². The molecule has 1 fully saturated rings. The van der Waals surface area contributed by atoms with Crippen LogP contribution in [0.1, 0.15) is 37.8 Å². The fourth-order valence-electron chi connectivity index (χ4n) is 2.47. The lowest BCUT2D eigenvalue weighted by atomic mass is 9.88. The average Bonchev–Trinajstić information content (AvgIpc) is 2.97. The lowest BCUT2D eigenvalue weighted by Crippen LogP contribution is -2.31. The largest absolute Gasteiger partial charge is 0.327 e. The van der Waals surface area contributed by atoms with Crippen LogP contribution in [0.3, 0.4) is 0 Å². The summed E-state index contributed by atoms with van der Waals surface area (Å²) in [5.74, 6) is 0. The van der Waals surface area contributed by atoms with Crippen molar-refractivity contribution in [1.29, 1.82) is 0 Å². The molecule has 0 heterocycles. The minimum Gasteiger partial charge on any atom is -0.327 e. The average molecular weight is 221 g/mol. The van der Waals surface area contributed by atoms with Gasteiger partial charge < -0.3 is 5.73 Å². The zero-order chi connectivity index (χ0) is 11.8. The van der Waals surface area contributed by atoms with Gasteiger partial charge in [0.15, 0.2) is 0 Å². The van der Waals surface area contributed by atoms with Crippen molar-refractivity contribution in [3.05, 3.63) is 35.4 Å². The third kappa shape index (κ3) is 2.12. The summed E-state index contributed by atoms with van der Waals surface area (Å²) in [5, 5.41) is 0. The Morgan fingerprint density at radius 3 is 2.56 bits per heavy atom. The first-order chi connectivity index (χ1) is 7.54. The molecule has 0 saturated heterocycles. The van der Waals surface area contributed by atoms with Crippen molar-refractivity contribution >= 4 is 0 Å². The Balaban J connectivity index is 2.23. The summed E-state index contributed by atoms with van der Waals surface area (Å²) in [4.78, 5) is 0. The van der Waals surface area contributed by atoms with Gasteiger partial charge >= 0.3 is 0 Å². The summed E-state index contributed by atoms with van der Waals surface area (Å²) in [6.45, 7) is 3.67. The third-order valence-corrected chi connectivity index (χ3v) is 3.68. The topological polar surface area (TPSA) is 26.0 Å². The molecule has 2 heteroatoms. The quantitative estimate of drug-likeness (QED) is 0.831. The number of nitrogens with two attached hydrogens (primary N) is 1. The van der Waals surface area contributed by atoms with E-state index in [1.165, 1.54) is 18.4 Å². The van der Waals surface area contributed by atoms with E-state index in [2.05, 4.69) is 19.1 Å². The molecular weight excluding hydrogens is 201 g/mol. The number of hydrogen-bond donors (Lipinski definition) is 1.